The molecule has 4 rings (SSSR count). The number of carbonyl (C=O) groups is 1. The number of aromatic nitrogens is 4. The van der Waals surface area contributed by atoms with E-state index in [4.69, 9.17) is 16.1 Å². The lowest BCUT2D eigenvalue weighted by Crippen LogP contribution is -2.48. The summed E-state index contributed by atoms with van der Waals surface area (Å²) >= 11 is 6.20. The van der Waals surface area contributed by atoms with Gasteiger partial charge < -0.3 is 9.84 Å². The van der Waals surface area contributed by atoms with Crippen molar-refractivity contribution >= 4 is 17.5 Å². The van der Waals surface area contributed by atoms with Crippen molar-refractivity contribution in [3.05, 3.63) is 59.3 Å². The summed E-state index contributed by atoms with van der Waals surface area (Å²) in [5, 5.41) is 7.79. The van der Waals surface area contributed by atoms with E-state index < -0.39 is 5.54 Å². The summed E-state index contributed by atoms with van der Waals surface area (Å²) in [6.45, 7) is 0. The molecule has 0 atom stereocenters. The van der Waals surface area contributed by atoms with Gasteiger partial charge in [0, 0.05) is 17.4 Å². The highest BCUT2D eigenvalue weighted by Gasteiger charge is 2.40. The minimum absolute atomic E-state index is 0.116. The predicted molar refractivity (Wildman–Crippen MR) is 103 cm³/mol. The normalized spacial score (nSPS) is 15.9. The van der Waals surface area contributed by atoms with Crippen LogP contribution >= 0.6 is 11.6 Å². The molecular formula is C20H20ClN5O2. The Hall–Kier alpha value is -2.80. The maximum atomic E-state index is 12.8. The van der Waals surface area contributed by atoms with Crippen LogP contribution in [0.5, 0.6) is 0 Å². The molecule has 0 unspecified atom stereocenters. The Morgan fingerprint density at radius 3 is 2.75 bits per heavy atom. The third-order valence-corrected chi connectivity index (χ3v) is 5.39. The number of rotatable bonds is 5. The maximum absolute atomic E-state index is 12.8. The highest BCUT2D eigenvalue weighted by Crippen LogP contribution is 2.37. The van der Waals surface area contributed by atoms with Crippen molar-refractivity contribution < 1.29 is 9.32 Å². The molecule has 0 radical (unpaired) electrons. The van der Waals surface area contributed by atoms with E-state index in [2.05, 4.69) is 25.4 Å². The Balaban J connectivity index is 1.58. The van der Waals surface area contributed by atoms with E-state index in [1.807, 2.05) is 18.2 Å². The van der Waals surface area contributed by atoms with E-state index >= 15 is 0 Å². The molecule has 7 nitrogen and oxygen atoms in total. The van der Waals surface area contributed by atoms with Crippen LogP contribution in [0.3, 0.4) is 0 Å². The Kier molecular flexibility index (Phi) is 5.34. The lowest BCUT2D eigenvalue weighted by atomic mass is 9.81. The van der Waals surface area contributed by atoms with Crippen LogP contribution in [-0.4, -0.2) is 26.0 Å². The molecule has 1 amide bonds. The van der Waals surface area contributed by atoms with Crippen molar-refractivity contribution in [1.82, 2.24) is 25.4 Å². The van der Waals surface area contributed by atoms with Crippen molar-refractivity contribution in [3.63, 3.8) is 0 Å². The zero-order chi connectivity index (χ0) is 19.4. The second kappa shape index (κ2) is 8.06. The van der Waals surface area contributed by atoms with Crippen LogP contribution in [0.2, 0.25) is 5.02 Å². The lowest BCUT2D eigenvalue weighted by Gasteiger charge is -2.34. The van der Waals surface area contributed by atoms with Crippen LogP contribution < -0.4 is 5.32 Å². The Labute approximate surface area is 167 Å². The molecule has 144 valence electrons. The lowest BCUT2D eigenvalue weighted by molar-refractivity contribution is -0.123. The van der Waals surface area contributed by atoms with Gasteiger partial charge in [0.05, 0.1) is 12.6 Å². The SMILES string of the molecule is O=C(Cc1ccccc1Cl)NC1(c2nc(-c3cnccn3)no2)CCCCC1. The summed E-state index contributed by atoms with van der Waals surface area (Å²) in [6.07, 6.45) is 9.53. The molecule has 8 heteroatoms. The maximum Gasteiger partial charge on any atom is 0.252 e. The van der Waals surface area contributed by atoms with Gasteiger partial charge in [0.1, 0.15) is 11.2 Å². The molecule has 2 aromatic heterocycles. The first-order chi connectivity index (χ1) is 13.7. The number of hydrogen-bond acceptors (Lipinski definition) is 6. The molecule has 0 bridgehead atoms. The average Bonchev–Trinajstić information content (AvgIpc) is 3.22. The van der Waals surface area contributed by atoms with Crippen molar-refractivity contribution in [1.29, 1.82) is 0 Å². The molecule has 0 spiro atoms. The minimum Gasteiger partial charge on any atom is -0.341 e. The van der Waals surface area contributed by atoms with Gasteiger partial charge in [-0.15, -0.1) is 0 Å². The Bertz CT molecular complexity index is 954. The molecule has 0 aliphatic heterocycles. The van der Waals surface area contributed by atoms with E-state index in [1.54, 1.807) is 24.7 Å². The summed E-state index contributed by atoms with van der Waals surface area (Å²) in [4.78, 5) is 25.6. The zero-order valence-corrected chi connectivity index (χ0v) is 16.0. The number of amides is 1. The predicted octanol–water partition coefficient (Wildman–Crippen LogP) is 3.70. The topological polar surface area (TPSA) is 93.8 Å². The molecule has 3 aromatic rings. The van der Waals surface area contributed by atoms with Crippen LogP contribution in [0.4, 0.5) is 0 Å². The van der Waals surface area contributed by atoms with Crippen LogP contribution in [0.15, 0.2) is 47.4 Å². The van der Waals surface area contributed by atoms with E-state index in [0.717, 1.165) is 37.7 Å². The van der Waals surface area contributed by atoms with Crippen LogP contribution in [0.1, 0.15) is 43.6 Å². The van der Waals surface area contributed by atoms with E-state index in [1.165, 1.54) is 0 Å². The second-order valence-corrected chi connectivity index (χ2v) is 7.38. The molecule has 1 aliphatic rings. The van der Waals surface area contributed by atoms with Crippen molar-refractivity contribution in [2.75, 3.05) is 0 Å². The molecule has 1 saturated carbocycles. The molecule has 2 heterocycles. The van der Waals surface area contributed by atoms with Crippen LogP contribution in [0.25, 0.3) is 11.5 Å². The smallest absolute Gasteiger partial charge is 0.252 e. The van der Waals surface area contributed by atoms with Gasteiger partial charge in [-0.05, 0) is 24.5 Å². The monoisotopic (exact) mass is 397 g/mol. The van der Waals surface area contributed by atoms with Crippen molar-refractivity contribution in [3.8, 4) is 11.5 Å². The van der Waals surface area contributed by atoms with Gasteiger partial charge in [-0.3, -0.25) is 9.78 Å². The Morgan fingerprint density at radius 1 is 1.18 bits per heavy atom. The number of benzene rings is 1. The third kappa shape index (κ3) is 3.89. The zero-order valence-electron chi connectivity index (χ0n) is 15.3. The van der Waals surface area contributed by atoms with Gasteiger partial charge in [-0.25, -0.2) is 4.98 Å². The Morgan fingerprint density at radius 2 is 2.00 bits per heavy atom. The largest absolute Gasteiger partial charge is 0.341 e. The molecular weight excluding hydrogens is 378 g/mol. The fraction of sp³-hybridized carbons (Fsp3) is 0.350. The average molecular weight is 398 g/mol. The van der Waals surface area contributed by atoms with Gasteiger partial charge in [0.15, 0.2) is 0 Å². The van der Waals surface area contributed by atoms with Crippen LogP contribution in [0, 0.1) is 0 Å². The van der Waals surface area contributed by atoms with Crippen molar-refractivity contribution in [2.45, 2.75) is 44.1 Å². The van der Waals surface area contributed by atoms with E-state index in [0.29, 0.717) is 22.4 Å². The number of carbonyl (C=O) groups excluding carboxylic acids is 1. The molecule has 1 aromatic carbocycles. The fourth-order valence-electron chi connectivity index (χ4n) is 3.61. The summed E-state index contributed by atoms with van der Waals surface area (Å²) in [5.41, 5.74) is 0.661. The summed E-state index contributed by atoms with van der Waals surface area (Å²) in [5.74, 6) is 0.669. The van der Waals surface area contributed by atoms with Gasteiger partial charge in [-0.2, -0.15) is 4.98 Å². The second-order valence-electron chi connectivity index (χ2n) is 6.97. The quantitative estimate of drug-likeness (QED) is 0.705. The van der Waals surface area contributed by atoms with E-state index in [9.17, 15) is 4.79 Å². The van der Waals surface area contributed by atoms with Crippen molar-refractivity contribution in [2.24, 2.45) is 0 Å². The standard InChI is InChI=1S/C20H20ClN5O2/c21-15-7-3-2-6-14(15)12-17(27)25-20(8-4-1-5-9-20)19-24-18(26-28-19)16-13-22-10-11-23-16/h2-3,6-7,10-11,13H,1,4-5,8-9,12H2,(H,25,27). The minimum atomic E-state index is -0.663. The van der Waals surface area contributed by atoms with Gasteiger partial charge >= 0.3 is 0 Å². The first kappa shape index (κ1) is 18.6. The first-order valence-corrected chi connectivity index (χ1v) is 9.69. The third-order valence-electron chi connectivity index (χ3n) is 5.02. The molecule has 0 saturated heterocycles. The fourth-order valence-corrected chi connectivity index (χ4v) is 3.81. The highest BCUT2D eigenvalue weighted by atomic mass is 35.5. The number of nitrogens with zero attached hydrogens (tertiary/aromatic N) is 4. The van der Waals surface area contributed by atoms with Gasteiger partial charge in [0.25, 0.3) is 5.89 Å². The summed E-state index contributed by atoms with van der Waals surface area (Å²) in [6, 6.07) is 7.36. The summed E-state index contributed by atoms with van der Waals surface area (Å²) in [7, 11) is 0. The highest BCUT2D eigenvalue weighted by molar-refractivity contribution is 6.31. The molecule has 1 N–H and O–H groups in total. The van der Waals surface area contributed by atoms with E-state index in [-0.39, 0.29) is 12.3 Å². The van der Waals surface area contributed by atoms with Gasteiger partial charge in [-0.1, -0.05) is 54.2 Å². The molecule has 1 aliphatic carbocycles. The molecule has 28 heavy (non-hydrogen) atoms. The first-order valence-electron chi connectivity index (χ1n) is 9.31. The summed E-state index contributed by atoms with van der Waals surface area (Å²) < 4.78 is 5.57. The molecule has 1 fully saturated rings. The number of hydrogen-bond donors (Lipinski definition) is 1. The van der Waals surface area contributed by atoms with Gasteiger partial charge in [0.2, 0.25) is 11.7 Å². The number of nitrogens with one attached hydrogen (secondary N) is 1. The number of halogens is 1. The van der Waals surface area contributed by atoms with Crippen LogP contribution in [-0.2, 0) is 16.8 Å².